The number of hydrogen-bond donors (Lipinski definition) is 1. The molecular weight excluding hydrogens is 440 g/mol. The average molecular weight is 461 g/mol. The second-order valence-electron chi connectivity index (χ2n) is 5.76. The molecule has 0 saturated heterocycles. The van der Waals surface area contributed by atoms with Gasteiger partial charge in [-0.1, -0.05) is 15.9 Å². The molecule has 0 bridgehead atoms. The van der Waals surface area contributed by atoms with Gasteiger partial charge >= 0.3 is 0 Å². The molecule has 0 aliphatic carbocycles. The van der Waals surface area contributed by atoms with Crippen LogP contribution in [0.3, 0.4) is 0 Å². The summed E-state index contributed by atoms with van der Waals surface area (Å²) in [6.07, 6.45) is 1.48. The molecule has 0 heterocycles. The molecule has 0 saturated carbocycles. The third-order valence-corrected chi connectivity index (χ3v) is 4.79. The summed E-state index contributed by atoms with van der Waals surface area (Å²) in [5, 5.41) is 12.2. The molecule has 8 heteroatoms. The quantitative estimate of drug-likeness (QED) is 0.476. The van der Waals surface area contributed by atoms with E-state index in [2.05, 4.69) is 21.2 Å². The van der Waals surface area contributed by atoms with Crippen LogP contribution in [-0.4, -0.2) is 34.3 Å². The lowest BCUT2D eigenvalue weighted by atomic mass is 10.1. The van der Waals surface area contributed by atoms with Gasteiger partial charge in [-0.3, -0.25) is 4.79 Å². The van der Waals surface area contributed by atoms with Crippen molar-refractivity contribution in [2.24, 2.45) is 0 Å². The fourth-order valence-electron chi connectivity index (χ4n) is 2.55. The highest BCUT2D eigenvalue weighted by Crippen LogP contribution is 2.34. The predicted octanol–water partition coefficient (Wildman–Crippen LogP) is 3.71. The summed E-state index contributed by atoms with van der Waals surface area (Å²) in [5.41, 5.74) is 1.31. The first-order valence-corrected chi connectivity index (χ1v) is 9.29. The molecule has 0 unspecified atom stereocenters. The molecule has 0 fully saturated rings. The Morgan fingerprint density at radius 3 is 2.28 bits per heavy atom. The number of carbonyl (C=O) groups is 1. The van der Waals surface area contributed by atoms with Crippen molar-refractivity contribution in [3.8, 4) is 29.1 Å². The molecule has 29 heavy (non-hydrogen) atoms. The summed E-state index contributed by atoms with van der Waals surface area (Å²) < 4.78 is 21.7. The minimum atomic E-state index is -0.507. The third kappa shape index (κ3) is 5.42. The smallest absolute Gasteiger partial charge is 0.262 e. The zero-order valence-electron chi connectivity index (χ0n) is 16.5. The number of hydrogen-bond acceptors (Lipinski definition) is 6. The van der Waals surface area contributed by atoms with E-state index in [0.717, 1.165) is 5.56 Å². The third-order valence-electron chi connectivity index (χ3n) is 4.10. The number of nitriles is 1. The van der Waals surface area contributed by atoms with Crippen molar-refractivity contribution >= 4 is 27.9 Å². The van der Waals surface area contributed by atoms with Crippen LogP contribution in [0.1, 0.15) is 11.1 Å². The number of nitrogens with zero attached hydrogens (tertiary/aromatic N) is 1. The fourth-order valence-corrected chi connectivity index (χ4v) is 2.99. The van der Waals surface area contributed by atoms with Crippen molar-refractivity contribution in [3.05, 3.63) is 51.5 Å². The molecule has 0 radical (unpaired) electrons. The fraction of sp³-hybridized carbons (Fsp3) is 0.238. The summed E-state index contributed by atoms with van der Waals surface area (Å²) in [7, 11) is 6.14. The highest BCUT2D eigenvalue weighted by atomic mass is 79.9. The minimum Gasteiger partial charge on any atom is -0.497 e. The van der Waals surface area contributed by atoms with Crippen LogP contribution >= 0.6 is 15.9 Å². The molecule has 0 aromatic heterocycles. The Hall–Kier alpha value is -3.18. The summed E-state index contributed by atoms with van der Waals surface area (Å²) in [4.78, 5) is 12.5. The number of carbonyl (C=O) groups excluding carboxylic acids is 1. The lowest BCUT2D eigenvalue weighted by molar-refractivity contribution is -0.117. The highest BCUT2D eigenvalue weighted by Gasteiger charge is 2.14. The van der Waals surface area contributed by atoms with E-state index in [-0.39, 0.29) is 12.1 Å². The van der Waals surface area contributed by atoms with Gasteiger partial charge in [0.25, 0.3) is 5.91 Å². The second-order valence-corrected chi connectivity index (χ2v) is 6.61. The van der Waals surface area contributed by atoms with Gasteiger partial charge in [-0.25, -0.2) is 0 Å². The van der Waals surface area contributed by atoms with Crippen molar-refractivity contribution in [2.75, 3.05) is 28.4 Å². The first kappa shape index (κ1) is 22.1. The van der Waals surface area contributed by atoms with E-state index < -0.39 is 5.91 Å². The van der Waals surface area contributed by atoms with Crippen LogP contribution in [0.15, 0.2) is 40.4 Å². The maximum atomic E-state index is 12.5. The lowest BCUT2D eigenvalue weighted by Gasteiger charge is -2.12. The number of amides is 1. The van der Waals surface area contributed by atoms with E-state index in [1.807, 2.05) is 6.07 Å². The van der Waals surface area contributed by atoms with Crippen LogP contribution in [0.4, 0.5) is 0 Å². The van der Waals surface area contributed by atoms with E-state index in [1.54, 1.807) is 37.4 Å². The van der Waals surface area contributed by atoms with E-state index in [9.17, 15) is 10.1 Å². The predicted molar refractivity (Wildman–Crippen MR) is 112 cm³/mol. The van der Waals surface area contributed by atoms with E-state index in [0.29, 0.717) is 33.0 Å². The van der Waals surface area contributed by atoms with Crippen molar-refractivity contribution < 1.29 is 23.7 Å². The monoisotopic (exact) mass is 460 g/mol. The van der Waals surface area contributed by atoms with Crippen molar-refractivity contribution in [3.63, 3.8) is 0 Å². The van der Waals surface area contributed by atoms with Gasteiger partial charge in [0.2, 0.25) is 0 Å². The van der Waals surface area contributed by atoms with Crippen LogP contribution in [-0.2, 0) is 11.3 Å². The molecule has 0 aliphatic rings. The summed E-state index contributed by atoms with van der Waals surface area (Å²) in [5.74, 6) is 1.74. The van der Waals surface area contributed by atoms with E-state index in [1.165, 1.54) is 27.4 Å². The minimum absolute atomic E-state index is 0.0506. The molecule has 2 aromatic rings. The first-order chi connectivity index (χ1) is 14.0. The van der Waals surface area contributed by atoms with Crippen LogP contribution < -0.4 is 24.3 Å². The number of halogens is 1. The summed E-state index contributed by atoms with van der Waals surface area (Å²) in [6.45, 7) is 0.193. The molecule has 0 aliphatic heterocycles. The molecule has 2 rings (SSSR count). The number of rotatable bonds is 8. The Bertz CT molecular complexity index is 966. The highest BCUT2D eigenvalue weighted by molar-refractivity contribution is 9.10. The van der Waals surface area contributed by atoms with Gasteiger partial charge in [0, 0.05) is 22.6 Å². The molecule has 0 spiro atoms. The Morgan fingerprint density at radius 2 is 1.69 bits per heavy atom. The summed E-state index contributed by atoms with van der Waals surface area (Å²) in [6, 6.07) is 10.6. The Morgan fingerprint density at radius 1 is 1.03 bits per heavy atom. The van der Waals surface area contributed by atoms with Crippen LogP contribution in [0.5, 0.6) is 23.0 Å². The molecular formula is C21H21BrN2O5. The van der Waals surface area contributed by atoms with Gasteiger partial charge in [0.15, 0.2) is 11.5 Å². The Balaban J connectivity index is 2.23. The van der Waals surface area contributed by atoms with Gasteiger partial charge in [-0.2, -0.15) is 5.26 Å². The molecule has 152 valence electrons. The van der Waals surface area contributed by atoms with Crippen LogP contribution in [0.25, 0.3) is 6.08 Å². The normalized spacial score (nSPS) is 10.7. The Labute approximate surface area is 178 Å². The van der Waals surface area contributed by atoms with Gasteiger partial charge in [0.05, 0.1) is 28.4 Å². The number of nitrogens with one attached hydrogen (secondary N) is 1. The maximum absolute atomic E-state index is 12.5. The maximum Gasteiger partial charge on any atom is 0.262 e. The van der Waals surface area contributed by atoms with Gasteiger partial charge < -0.3 is 24.3 Å². The molecule has 7 nitrogen and oxygen atoms in total. The average Bonchev–Trinajstić information content (AvgIpc) is 2.75. The second kappa shape index (κ2) is 10.4. The summed E-state index contributed by atoms with van der Waals surface area (Å²) >= 11 is 3.42. The topological polar surface area (TPSA) is 89.8 Å². The standard InChI is InChI=1S/C21H21BrN2O5/c1-26-16-6-5-13(18(9-16)27-2)12-24-21(25)15(11-23)7-14-8-19(28-3)20(29-4)10-17(14)22/h5-10H,12H2,1-4H3,(H,24,25)/b15-7+. The number of ether oxygens (including phenoxy) is 4. The van der Waals surface area contributed by atoms with Crippen molar-refractivity contribution in [2.45, 2.75) is 6.54 Å². The van der Waals surface area contributed by atoms with E-state index >= 15 is 0 Å². The lowest BCUT2D eigenvalue weighted by Crippen LogP contribution is -2.24. The van der Waals surface area contributed by atoms with Gasteiger partial charge in [-0.15, -0.1) is 0 Å². The van der Waals surface area contributed by atoms with Crippen LogP contribution in [0, 0.1) is 11.3 Å². The zero-order valence-corrected chi connectivity index (χ0v) is 18.1. The molecule has 1 amide bonds. The first-order valence-electron chi connectivity index (χ1n) is 8.49. The molecule has 2 aromatic carbocycles. The van der Waals surface area contributed by atoms with Crippen molar-refractivity contribution in [1.82, 2.24) is 5.32 Å². The van der Waals surface area contributed by atoms with Crippen molar-refractivity contribution in [1.29, 1.82) is 5.26 Å². The van der Waals surface area contributed by atoms with Gasteiger partial charge in [-0.05, 0) is 35.9 Å². The van der Waals surface area contributed by atoms with Gasteiger partial charge in [0.1, 0.15) is 23.1 Å². The molecule has 0 atom stereocenters. The molecule has 1 N–H and O–H groups in total. The number of benzene rings is 2. The van der Waals surface area contributed by atoms with E-state index in [4.69, 9.17) is 18.9 Å². The zero-order chi connectivity index (χ0) is 21.4. The number of methoxy groups -OCH3 is 4. The Kier molecular flexibility index (Phi) is 7.92. The SMILES string of the molecule is COc1ccc(CNC(=O)/C(C#N)=C/c2cc(OC)c(OC)cc2Br)c(OC)c1. The van der Waals surface area contributed by atoms with Crippen LogP contribution in [0.2, 0.25) is 0 Å². The largest absolute Gasteiger partial charge is 0.497 e.